The molecular formula is C29H43NO4. The summed E-state index contributed by atoms with van der Waals surface area (Å²) in [4.78, 5) is 13.3. The van der Waals surface area contributed by atoms with E-state index in [1.807, 2.05) is 48.6 Å². The summed E-state index contributed by atoms with van der Waals surface area (Å²) in [6.45, 7) is 2.95. The van der Waals surface area contributed by atoms with E-state index in [4.69, 9.17) is 0 Å². The van der Waals surface area contributed by atoms with Crippen LogP contribution in [0.2, 0.25) is 0 Å². The Morgan fingerprint density at radius 3 is 2.24 bits per heavy atom. The first kappa shape index (κ1) is 29.6. The van der Waals surface area contributed by atoms with E-state index in [1.54, 1.807) is 12.2 Å². The molecule has 0 bridgehead atoms. The average Bonchev–Trinajstić information content (AvgIpc) is 2.83. The van der Waals surface area contributed by atoms with E-state index in [9.17, 15) is 15.0 Å². The van der Waals surface area contributed by atoms with Gasteiger partial charge in [-0.1, -0.05) is 105 Å². The highest BCUT2D eigenvalue weighted by Crippen LogP contribution is 2.15. The Bertz CT molecular complexity index is 770. The maximum Gasteiger partial charge on any atom is 0.305 e. The van der Waals surface area contributed by atoms with Crippen molar-refractivity contribution >= 4 is 5.97 Å². The third-order valence-electron chi connectivity index (χ3n) is 5.59. The summed E-state index contributed by atoms with van der Waals surface area (Å²) in [7, 11) is 3.42. The molecule has 34 heavy (non-hydrogen) atoms. The van der Waals surface area contributed by atoms with Crippen LogP contribution in [0, 0.1) is 0 Å². The molecule has 0 radical (unpaired) electrons. The highest BCUT2D eigenvalue weighted by molar-refractivity contribution is 5.68. The van der Waals surface area contributed by atoms with Crippen molar-refractivity contribution in [1.29, 1.82) is 0 Å². The SMILES string of the molecule is CCCCC[C@H](O)[C@@H](/C=C/C=C/C=C\C=C\[C@@H](O)CCCC(=O)OC)N(C)Cc1ccccc1. The van der Waals surface area contributed by atoms with Crippen molar-refractivity contribution in [1.82, 2.24) is 4.90 Å². The molecule has 0 saturated carbocycles. The minimum Gasteiger partial charge on any atom is -0.469 e. The summed E-state index contributed by atoms with van der Waals surface area (Å²) < 4.78 is 4.59. The van der Waals surface area contributed by atoms with E-state index >= 15 is 0 Å². The first-order chi connectivity index (χ1) is 16.5. The topological polar surface area (TPSA) is 70.0 Å². The molecule has 0 spiro atoms. The maximum atomic E-state index is 11.1. The Hall–Kier alpha value is -2.47. The van der Waals surface area contributed by atoms with E-state index in [0.717, 1.165) is 32.2 Å². The number of aliphatic hydroxyl groups is 2. The zero-order valence-corrected chi connectivity index (χ0v) is 21.1. The Morgan fingerprint density at radius 2 is 1.59 bits per heavy atom. The van der Waals surface area contributed by atoms with E-state index in [-0.39, 0.29) is 12.0 Å². The number of benzene rings is 1. The lowest BCUT2D eigenvalue weighted by Gasteiger charge is -2.30. The van der Waals surface area contributed by atoms with Crippen molar-refractivity contribution in [2.75, 3.05) is 14.2 Å². The fourth-order valence-electron chi connectivity index (χ4n) is 3.60. The van der Waals surface area contributed by atoms with Crippen LogP contribution in [0.4, 0.5) is 0 Å². The predicted molar refractivity (Wildman–Crippen MR) is 140 cm³/mol. The third-order valence-corrected chi connectivity index (χ3v) is 5.59. The van der Waals surface area contributed by atoms with Crippen LogP contribution in [0.3, 0.4) is 0 Å². The average molecular weight is 470 g/mol. The van der Waals surface area contributed by atoms with Crippen molar-refractivity contribution < 1.29 is 19.7 Å². The third kappa shape index (κ3) is 13.9. The molecule has 0 unspecified atom stereocenters. The van der Waals surface area contributed by atoms with Gasteiger partial charge in [0.25, 0.3) is 0 Å². The number of nitrogens with zero attached hydrogens (tertiary/aromatic N) is 1. The van der Waals surface area contributed by atoms with E-state index in [2.05, 4.69) is 41.8 Å². The molecule has 0 fully saturated rings. The lowest BCUT2D eigenvalue weighted by atomic mass is 10.0. The van der Waals surface area contributed by atoms with E-state index in [1.165, 1.54) is 12.7 Å². The normalized spacial score (nSPS) is 15.1. The van der Waals surface area contributed by atoms with Gasteiger partial charge >= 0.3 is 5.97 Å². The monoisotopic (exact) mass is 469 g/mol. The molecule has 188 valence electrons. The van der Waals surface area contributed by atoms with Gasteiger partial charge in [-0.3, -0.25) is 9.69 Å². The van der Waals surface area contributed by atoms with Gasteiger partial charge in [0.2, 0.25) is 0 Å². The molecule has 0 aromatic heterocycles. The summed E-state index contributed by atoms with van der Waals surface area (Å²) in [5, 5.41) is 20.7. The molecule has 1 aromatic carbocycles. The summed E-state index contributed by atoms with van der Waals surface area (Å²) in [6.07, 6.45) is 19.7. The summed E-state index contributed by atoms with van der Waals surface area (Å²) in [6, 6.07) is 10.2. The van der Waals surface area contributed by atoms with Gasteiger partial charge in [-0.2, -0.15) is 0 Å². The zero-order valence-electron chi connectivity index (χ0n) is 21.1. The van der Waals surface area contributed by atoms with Crippen LogP contribution in [-0.4, -0.2) is 53.5 Å². The fraction of sp³-hybridized carbons (Fsp3) is 0.483. The number of aliphatic hydroxyl groups excluding tert-OH is 2. The van der Waals surface area contributed by atoms with Gasteiger partial charge in [0.15, 0.2) is 0 Å². The number of methoxy groups -OCH3 is 1. The molecule has 0 saturated heterocycles. The van der Waals surface area contributed by atoms with Crippen LogP contribution >= 0.6 is 0 Å². The summed E-state index contributed by atoms with van der Waals surface area (Å²) in [5.74, 6) is -0.253. The van der Waals surface area contributed by atoms with Crippen LogP contribution in [0.1, 0.15) is 57.4 Å². The lowest BCUT2D eigenvalue weighted by molar-refractivity contribution is -0.140. The van der Waals surface area contributed by atoms with Gasteiger partial charge in [0.05, 0.1) is 25.4 Å². The molecule has 5 nitrogen and oxygen atoms in total. The maximum absolute atomic E-state index is 11.1. The number of esters is 1. The van der Waals surface area contributed by atoms with Gasteiger partial charge in [0, 0.05) is 13.0 Å². The van der Waals surface area contributed by atoms with Crippen molar-refractivity contribution in [3.8, 4) is 0 Å². The zero-order chi connectivity index (χ0) is 25.0. The smallest absolute Gasteiger partial charge is 0.305 e. The van der Waals surface area contributed by atoms with Gasteiger partial charge in [-0.25, -0.2) is 0 Å². The molecule has 0 aliphatic heterocycles. The van der Waals surface area contributed by atoms with Crippen molar-refractivity contribution in [3.05, 3.63) is 84.5 Å². The number of allylic oxidation sites excluding steroid dienone is 6. The number of hydrogen-bond acceptors (Lipinski definition) is 5. The van der Waals surface area contributed by atoms with Crippen LogP contribution in [0.5, 0.6) is 0 Å². The number of hydrogen-bond donors (Lipinski definition) is 2. The van der Waals surface area contributed by atoms with Crippen LogP contribution < -0.4 is 0 Å². The first-order valence-electron chi connectivity index (χ1n) is 12.3. The summed E-state index contributed by atoms with van der Waals surface area (Å²) >= 11 is 0. The van der Waals surface area contributed by atoms with Gasteiger partial charge < -0.3 is 14.9 Å². The fourth-order valence-corrected chi connectivity index (χ4v) is 3.60. The minimum atomic E-state index is -0.576. The Morgan fingerprint density at radius 1 is 0.941 bits per heavy atom. The van der Waals surface area contributed by atoms with Gasteiger partial charge in [-0.05, 0) is 31.9 Å². The summed E-state index contributed by atoms with van der Waals surface area (Å²) in [5.41, 5.74) is 1.22. The highest BCUT2D eigenvalue weighted by Gasteiger charge is 2.20. The van der Waals surface area contributed by atoms with Crippen LogP contribution in [-0.2, 0) is 16.1 Å². The second-order valence-electron chi connectivity index (χ2n) is 8.53. The minimum absolute atomic E-state index is 0.0641. The lowest BCUT2D eigenvalue weighted by Crippen LogP contribution is -2.39. The molecule has 0 aliphatic rings. The van der Waals surface area contributed by atoms with Crippen LogP contribution in [0.15, 0.2) is 78.9 Å². The Balaban J connectivity index is 2.57. The number of carbonyl (C=O) groups excluding carboxylic acids is 1. The number of likely N-dealkylation sites (N-methyl/N-ethyl adjacent to an activating group) is 1. The van der Waals surface area contributed by atoms with Crippen molar-refractivity contribution in [2.45, 2.75) is 76.7 Å². The molecule has 1 rings (SSSR count). The Labute approximate surface area is 206 Å². The van der Waals surface area contributed by atoms with Crippen LogP contribution in [0.25, 0.3) is 0 Å². The quantitative estimate of drug-likeness (QED) is 0.183. The number of ether oxygens (including phenoxy) is 1. The molecular weight excluding hydrogens is 426 g/mol. The second-order valence-corrected chi connectivity index (χ2v) is 8.53. The standard InChI is InChI=1S/C29H43NO4/c1-4-5-11-22-28(32)27(30(2)24-25-17-12-10-13-18-25)21-15-9-7-6-8-14-19-26(31)20-16-23-29(33)34-3/h6-10,12-15,17-19,21,26-28,31-32H,4-5,11,16,20,22-24H2,1-3H3/b8-6-,9-7+,19-14+,21-15+/t26-,27-,28+/m1/s1. The Kier molecular flexibility index (Phi) is 16.4. The largest absolute Gasteiger partial charge is 0.469 e. The van der Waals surface area contributed by atoms with Gasteiger partial charge in [0.1, 0.15) is 0 Å². The molecule has 0 heterocycles. The van der Waals surface area contributed by atoms with Gasteiger partial charge in [-0.15, -0.1) is 0 Å². The number of unbranched alkanes of at least 4 members (excludes halogenated alkanes) is 2. The van der Waals surface area contributed by atoms with Crippen molar-refractivity contribution in [2.24, 2.45) is 0 Å². The molecule has 2 N–H and O–H groups in total. The second kappa shape index (κ2) is 18.9. The molecule has 3 atom stereocenters. The predicted octanol–water partition coefficient (Wildman–Crippen LogP) is 5.36. The number of carbonyl (C=O) groups is 1. The van der Waals surface area contributed by atoms with E-state index in [0.29, 0.717) is 19.3 Å². The number of rotatable bonds is 17. The molecule has 0 amide bonds. The van der Waals surface area contributed by atoms with E-state index < -0.39 is 12.2 Å². The molecule has 0 aliphatic carbocycles. The first-order valence-corrected chi connectivity index (χ1v) is 12.3. The molecule has 5 heteroatoms. The highest BCUT2D eigenvalue weighted by atomic mass is 16.5. The van der Waals surface area contributed by atoms with Crippen molar-refractivity contribution in [3.63, 3.8) is 0 Å². The molecule has 1 aromatic rings.